The molecule has 2 heterocycles. The summed E-state index contributed by atoms with van der Waals surface area (Å²) in [6.07, 6.45) is 7.93. The second-order valence-electron chi connectivity index (χ2n) is 8.68. The molecule has 3 fully saturated rings. The lowest BCUT2D eigenvalue weighted by molar-refractivity contribution is -0.163. The molecule has 0 unspecified atom stereocenters. The molecule has 4 atom stereocenters. The van der Waals surface area contributed by atoms with Crippen LogP contribution in [0.15, 0.2) is 10.6 Å². The number of β-lactam (4-membered cyclic amide) rings is 1. The van der Waals surface area contributed by atoms with Crippen LogP contribution in [0.3, 0.4) is 0 Å². The highest BCUT2D eigenvalue weighted by atomic mass is 32.2. The summed E-state index contributed by atoms with van der Waals surface area (Å²) in [6, 6.07) is 0.989. The van der Waals surface area contributed by atoms with Crippen molar-refractivity contribution in [1.82, 2.24) is 10.2 Å². The molecule has 2 aliphatic carbocycles. The largest absolute Gasteiger partial charge is 0.477 e. The van der Waals surface area contributed by atoms with E-state index < -0.39 is 18.0 Å². The molecule has 0 spiro atoms. The number of rotatable bonds is 6. The standard InChI is InChI=1S/C20H30N2O4S/c1-10-16-15(11(2)23)19(24)22(16)17(20(25)26)18(10)27-14-8-13(9-14)21-12-6-4-3-5-7-12/h10-16,21,23H,3-9H2,1-2H3,(H,25,26)/t10-,11-,13-,14+,15-,16-/m1/s1. The Bertz CT molecular complexity index is 652. The van der Waals surface area contributed by atoms with E-state index in [9.17, 15) is 19.8 Å². The van der Waals surface area contributed by atoms with Crippen LogP contribution in [-0.2, 0) is 9.59 Å². The van der Waals surface area contributed by atoms with Gasteiger partial charge in [0.05, 0.1) is 18.1 Å². The van der Waals surface area contributed by atoms with E-state index in [0.717, 1.165) is 17.7 Å². The molecule has 4 aliphatic rings. The maximum Gasteiger partial charge on any atom is 0.353 e. The van der Waals surface area contributed by atoms with E-state index in [2.05, 4.69) is 5.32 Å². The fourth-order valence-electron chi connectivity index (χ4n) is 5.26. The predicted octanol–water partition coefficient (Wildman–Crippen LogP) is 2.33. The normalized spacial score (nSPS) is 37.7. The van der Waals surface area contributed by atoms with Crippen LogP contribution < -0.4 is 5.32 Å². The number of nitrogens with one attached hydrogen (secondary N) is 1. The number of carbonyl (C=O) groups is 2. The minimum absolute atomic E-state index is 0.0243. The van der Waals surface area contributed by atoms with Gasteiger partial charge in [-0.15, -0.1) is 11.8 Å². The topological polar surface area (TPSA) is 89.9 Å². The van der Waals surface area contributed by atoms with Crippen molar-refractivity contribution in [3.8, 4) is 0 Å². The van der Waals surface area contributed by atoms with Gasteiger partial charge in [-0.2, -0.15) is 0 Å². The Morgan fingerprint density at radius 3 is 2.48 bits per heavy atom. The zero-order chi connectivity index (χ0) is 19.3. The Labute approximate surface area is 164 Å². The van der Waals surface area contributed by atoms with Crippen molar-refractivity contribution >= 4 is 23.6 Å². The Hall–Kier alpha value is -1.05. The number of thioether (sulfide) groups is 1. The molecule has 0 aromatic carbocycles. The van der Waals surface area contributed by atoms with Gasteiger partial charge in [-0.3, -0.25) is 4.79 Å². The molecule has 2 saturated carbocycles. The molecule has 0 radical (unpaired) electrons. The predicted molar refractivity (Wildman–Crippen MR) is 104 cm³/mol. The summed E-state index contributed by atoms with van der Waals surface area (Å²) in [5, 5.41) is 23.8. The van der Waals surface area contributed by atoms with E-state index in [4.69, 9.17) is 0 Å². The number of aliphatic carboxylic acids is 1. The first-order valence-corrected chi connectivity index (χ1v) is 11.2. The van der Waals surface area contributed by atoms with E-state index in [1.807, 2.05) is 6.92 Å². The Morgan fingerprint density at radius 1 is 1.22 bits per heavy atom. The number of carbonyl (C=O) groups excluding carboxylic acids is 1. The molecular formula is C20H30N2O4S. The zero-order valence-electron chi connectivity index (χ0n) is 16.1. The first-order chi connectivity index (χ1) is 12.9. The van der Waals surface area contributed by atoms with E-state index in [-0.39, 0.29) is 23.6 Å². The third-order valence-corrected chi connectivity index (χ3v) is 8.31. The fourth-order valence-corrected chi connectivity index (χ4v) is 6.93. The van der Waals surface area contributed by atoms with Gasteiger partial charge in [0.25, 0.3) is 0 Å². The lowest BCUT2D eigenvalue weighted by Gasteiger charge is -2.46. The minimum atomic E-state index is -1.03. The van der Waals surface area contributed by atoms with Crippen LogP contribution in [0, 0.1) is 11.8 Å². The van der Waals surface area contributed by atoms with E-state index in [1.54, 1.807) is 18.7 Å². The van der Waals surface area contributed by atoms with Crippen molar-refractivity contribution in [2.45, 2.75) is 88.3 Å². The average Bonchev–Trinajstić information content (AvgIpc) is 2.83. The summed E-state index contributed by atoms with van der Waals surface area (Å²) in [5.74, 6) is -1.78. The number of fused-ring (bicyclic) bond motifs is 1. The first kappa shape index (κ1) is 19.3. The lowest BCUT2D eigenvalue weighted by Crippen LogP contribution is -2.63. The first-order valence-electron chi connectivity index (χ1n) is 10.3. The smallest absolute Gasteiger partial charge is 0.353 e. The molecule has 1 amide bonds. The summed E-state index contributed by atoms with van der Waals surface area (Å²) in [5.41, 5.74) is 0.156. The number of carboxylic acid groups (broad SMARTS) is 1. The van der Waals surface area contributed by atoms with Crippen molar-refractivity contribution in [2.75, 3.05) is 0 Å². The second-order valence-corrected chi connectivity index (χ2v) is 10.0. The summed E-state index contributed by atoms with van der Waals surface area (Å²) in [7, 11) is 0. The highest BCUT2D eigenvalue weighted by Crippen LogP contribution is 2.53. The van der Waals surface area contributed by atoms with Crippen molar-refractivity contribution < 1.29 is 19.8 Å². The number of carboxylic acids is 1. The van der Waals surface area contributed by atoms with Gasteiger partial charge in [-0.1, -0.05) is 26.2 Å². The van der Waals surface area contributed by atoms with Crippen molar-refractivity contribution in [3.05, 3.63) is 10.6 Å². The Kier molecular flexibility index (Phi) is 5.29. The molecule has 27 heavy (non-hydrogen) atoms. The van der Waals surface area contributed by atoms with Crippen LogP contribution in [0.5, 0.6) is 0 Å². The van der Waals surface area contributed by atoms with Crippen molar-refractivity contribution in [3.63, 3.8) is 0 Å². The van der Waals surface area contributed by atoms with E-state index in [1.165, 1.54) is 37.0 Å². The summed E-state index contributed by atoms with van der Waals surface area (Å²) < 4.78 is 0. The SMILES string of the molecule is C[C@@H](O)[C@H]1C(=O)N2C(C(=O)O)=C(S[C@H]3C[C@@H](NC4CCCCC4)C3)[C@H](C)[C@H]12. The number of aliphatic hydroxyl groups is 1. The summed E-state index contributed by atoms with van der Waals surface area (Å²) in [4.78, 5) is 26.5. The van der Waals surface area contributed by atoms with Crippen molar-refractivity contribution in [1.29, 1.82) is 0 Å². The van der Waals surface area contributed by atoms with Crippen LogP contribution in [0.4, 0.5) is 0 Å². The van der Waals surface area contributed by atoms with Crippen molar-refractivity contribution in [2.24, 2.45) is 11.8 Å². The van der Waals surface area contributed by atoms with E-state index in [0.29, 0.717) is 17.3 Å². The molecule has 4 rings (SSSR count). The third-order valence-electron chi connectivity index (χ3n) is 6.78. The number of amides is 1. The molecular weight excluding hydrogens is 364 g/mol. The van der Waals surface area contributed by atoms with Gasteiger partial charge in [0.2, 0.25) is 5.91 Å². The van der Waals surface area contributed by atoms with Crippen LogP contribution in [-0.4, -0.2) is 56.5 Å². The second kappa shape index (κ2) is 7.41. The molecule has 0 aromatic heterocycles. The van der Waals surface area contributed by atoms with Gasteiger partial charge in [0.1, 0.15) is 5.70 Å². The Morgan fingerprint density at radius 2 is 1.89 bits per heavy atom. The lowest BCUT2D eigenvalue weighted by atomic mass is 9.79. The number of hydrogen-bond donors (Lipinski definition) is 3. The van der Waals surface area contributed by atoms with Gasteiger partial charge in [0.15, 0.2) is 0 Å². The molecule has 3 N–H and O–H groups in total. The van der Waals surface area contributed by atoms with Crippen LogP contribution >= 0.6 is 11.8 Å². The number of hydrogen-bond acceptors (Lipinski definition) is 5. The number of aliphatic hydroxyl groups excluding tert-OH is 1. The van der Waals surface area contributed by atoms with Gasteiger partial charge in [0, 0.05) is 28.2 Å². The van der Waals surface area contributed by atoms with Crippen LogP contribution in [0.2, 0.25) is 0 Å². The van der Waals surface area contributed by atoms with Gasteiger partial charge < -0.3 is 20.4 Å². The van der Waals surface area contributed by atoms with Crippen LogP contribution in [0.25, 0.3) is 0 Å². The third kappa shape index (κ3) is 3.32. The molecule has 1 saturated heterocycles. The van der Waals surface area contributed by atoms with Gasteiger partial charge in [-0.25, -0.2) is 4.79 Å². The van der Waals surface area contributed by atoms with Gasteiger partial charge in [-0.05, 0) is 32.6 Å². The van der Waals surface area contributed by atoms with Gasteiger partial charge >= 0.3 is 5.97 Å². The molecule has 6 nitrogen and oxygen atoms in total. The Balaban J connectivity index is 1.38. The maximum atomic E-state index is 12.4. The molecule has 7 heteroatoms. The maximum absolute atomic E-state index is 12.4. The fraction of sp³-hybridized carbons (Fsp3) is 0.800. The van der Waals surface area contributed by atoms with E-state index >= 15 is 0 Å². The molecule has 150 valence electrons. The van der Waals surface area contributed by atoms with Crippen LogP contribution in [0.1, 0.15) is 58.8 Å². The molecule has 2 aliphatic heterocycles. The number of nitrogens with zero attached hydrogens (tertiary/aromatic N) is 1. The average molecular weight is 395 g/mol. The molecule has 0 bridgehead atoms. The highest BCUT2D eigenvalue weighted by Gasteiger charge is 2.60. The highest BCUT2D eigenvalue weighted by molar-refractivity contribution is 8.03. The monoisotopic (exact) mass is 394 g/mol. The minimum Gasteiger partial charge on any atom is -0.477 e. The quantitative estimate of drug-likeness (QED) is 0.599. The molecule has 0 aromatic rings. The summed E-state index contributed by atoms with van der Waals surface area (Å²) >= 11 is 1.65. The zero-order valence-corrected chi connectivity index (χ0v) is 16.9. The summed E-state index contributed by atoms with van der Waals surface area (Å²) in [6.45, 7) is 3.61.